The summed E-state index contributed by atoms with van der Waals surface area (Å²) in [7, 11) is 0. The lowest BCUT2D eigenvalue weighted by Gasteiger charge is -2.05. The Morgan fingerprint density at radius 1 is 1.36 bits per heavy atom. The highest BCUT2D eigenvalue weighted by Gasteiger charge is 2.25. The average Bonchev–Trinajstić information content (AvgIpc) is 2.94. The smallest absolute Gasteiger partial charge is 0.306 e. The Morgan fingerprint density at radius 2 is 2.08 bits per heavy atom. The average molecular weight is 372 g/mol. The summed E-state index contributed by atoms with van der Waals surface area (Å²) in [5.74, 6) is -0.559. The molecular weight excluding hydrogens is 356 g/mol. The number of nitriles is 1. The van der Waals surface area contributed by atoms with Crippen molar-refractivity contribution in [2.45, 2.75) is 19.8 Å². The summed E-state index contributed by atoms with van der Waals surface area (Å²) in [6.45, 7) is 2.08. The maximum Gasteiger partial charge on any atom is 0.306 e. The Hall–Kier alpha value is -2.43. The van der Waals surface area contributed by atoms with Crippen LogP contribution in [-0.4, -0.2) is 22.8 Å². The number of nitrogens with one attached hydrogen (secondary N) is 1. The van der Waals surface area contributed by atoms with Crippen LogP contribution in [0.5, 0.6) is 0 Å². The predicted octanol–water partition coefficient (Wildman–Crippen LogP) is 3.32. The van der Waals surface area contributed by atoms with Crippen LogP contribution >= 0.6 is 24.0 Å². The molecule has 0 aliphatic carbocycles. The molecule has 0 spiro atoms. The number of carbonyl (C=O) groups is 2. The first-order valence-electron chi connectivity index (χ1n) is 7.63. The SMILES string of the molecule is CCOC(=O)CCC(/C=C/c1ccc(C#N)cc1)=C1\SC(=S)NC1=O. The zero-order valence-electron chi connectivity index (χ0n) is 13.6. The topological polar surface area (TPSA) is 79.2 Å². The molecule has 0 aromatic heterocycles. The fraction of sp³-hybridized carbons (Fsp3) is 0.222. The number of esters is 1. The predicted molar refractivity (Wildman–Crippen MR) is 101 cm³/mol. The van der Waals surface area contributed by atoms with Gasteiger partial charge in [0.15, 0.2) is 0 Å². The molecule has 0 radical (unpaired) electrons. The first kappa shape index (κ1) is 18.9. The maximum absolute atomic E-state index is 12.0. The third-order valence-corrected chi connectivity index (χ3v) is 4.62. The van der Waals surface area contributed by atoms with Crippen LogP contribution in [-0.2, 0) is 14.3 Å². The standard InChI is InChI=1S/C18H16N2O3S2/c1-2-23-15(21)10-9-14(16-17(22)20-18(24)25-16)8-7-12-3-5-13(11-19)6-4-12/h3-8H,2,9-10H2,1H3,(H,20,22,24)/b8-7+,16-14-. The zero-order chi connectivity index (χ0) is 18.2. The van der Waals surface area contributed by atoms with Gasteiger partial charge in [-0.05, 0) is 36.6 Å². The van der Waals surface area contributed by atoms with Gasteiger partial charge in [-0.2, -0.15) is 5.26 Å². The molecule has 0 saturated carbocycles. The van der Waals surface area contributed by atoms with E-state index in [0.717, 1.165) is 11.1 Å². The number of rotatable bonds is 6. The van der Waals surface area contributed by atoms with Crippen molar-refractivity contribution in [3.63, 3.8) is 0 Å². The number of hydrogen-bond donors (Lipinski definition) is 1. The maximum atomic E-state index is 12.0. The summed E-state index contributed by atoms with van der Waals surface area (Å²) < 4.78 is 5.34. The van der Waals surface area contributed by atoms with Gasteiger partial charge >= 0.3 is 5.97 Å². The summed E-state index contributed by atoms with van der Waals surface area (Å²) in [6, 6.07) is 9.13. The van der Waals surface area contributed by atoms with Gasteiger partial charge in [0, 0.05) is 6.42 Å². The van der Waals surface area contributed by atoms with Gasteiger partial charge < -0.3 is 10.1 Å². The van der Waals surface area contributed by atoms with Crippen LogP contribution in [0.3, 0.4) is 0 Å². The Bertz CT molecular complexity index is 790. The summed E-state index contributed by atoms with van der Waals surface area (Å²) in [5.41, 5.74) is 2.19. The number of nitrogens with zero attached hydrogens (tertiary/aromatic N) is 1. The molecule has 1 amide bonds. The van der Waals surface area contributed by atoms with Crippen LogP contribution in [0, 0.1) is 11.3 Å². The Labute approximate surface area is 155 Å². The van der Waals surface area contributed by atoms with E-state index in [-0.39, 0.29) is 18.3 Å². The number of ether oxygens (including phenoxy) is 1. The molecule has 1 aromatic carbocycles. The zero-order valence-corrected chi connectivity index (χ0v) is 15.2. The van der Waals surface area contributed by atoms with Crippen molar-refractivity contribution in [3.8, 4) is 6.07 Å². The van der Waals surface area contributed by atoms with E-state index >= 15 is 0 Å². The van der Waals surface area contributed by atoms with Gasteiger partial charge in [-0.15, -0.1) is 0 Å². The van der Waals surface area contributed by atoms with Gasteiger partial charge in [0.2, 0.25) is 0 Å². The highest BCUT2D eigenvalue weighted by molar-refractivity contribution is 8.26. The van der Waals surface area contributed by atoms with Gasteiger partial charge in [0.05, 0.1) is 23.1 Å². The van der Waals surface area contributed by atoms with E-state index in [0.29, 0.717) is 27.8 Å². The monoisotopic (exact) mass is 372 g/mol. The molecule has 0 unspecified atom stereocenters. The molecule has 0 bridgehead atoms. The number of hydrogen-bond acceptors (Lipinski definition) is 6. The highest BCUT2D eigenvalue weighted by Crippen LogP contribution is 2.30. The molecule has 1 aliphatic rings. The van der Waals surface area contributed by atoms with Crippen LogP contribution in [0.1, 0.15) is 30.9 Å². The number of benzene rings is 1. The molecule has 1 heterocycles. The molecule has 0 atom stereocenters. The van der Waals surface area contributed by atoms with Gasteiger partial charge in [-0.25, -0.2) is 0 Å². The minimum Gasteiger partial charge on any atom is -0.466 e. The van der Waals surface area contributed by atoms with Crippen LogP contribution < -0.4 is 5.32 Å². The number of thiocarbonyl (C=S) groups is 1. The second-order valence-electron chi connectivity index (χ2n) is 5.07. The fourth-order valence-corrected chi connectivity index (χ4v) is 3.25. The van der Waals surface area contributed by atoms with Gasteiger partial charge in [-0.1, -0.05) is 48.3 Å². The van der Waals surface area contributed by atoms with Crippen LogP contribution in [0.15, 0.2) is 40.8 Å². The molecule has 1 aliphatic heterocycles. The highest BCUT2D eigenvalue weighted by atomic mass is 32.2. The molecule has 128 valence electrons. The molecule has 1 fully saturated rings. The van der Waals surface area contributed by atoms with E-state index in [9.17, 15) is 9.59 Å². The Kier molecular flexibility index (Phi) is 6.92. The van der Waals surface area contributed by atoms with Crippen molar-refractivity contribution < 1.29 is 14.3 Å². The lowest BCUT2D eigenvalue weighted by atomic mass is 10.1. The third-order valence-electron chi connectivity index (χ3n) is 3.33. The third kappa shape index (κ3) is 5.55. The van der Waals surface area contributed by atoms with Crippen molar-refractivity contribution in [1.29, 1.82) is 5.26 Å². The molecule has 7 heteroatoms. The number of thioether (sulfide) groups is 1. The van der Waals surface area contributed by atoms with Crippen molar-refractivity contribution in [2.75, 3.05) is 6.61 Å². The second kappa shape index (κ2) is 9.16. The van der Waals surface area contributed by atoms with E-state index < -0.39 is 0 Å². The number of carbonyl (C=O) groups excluding carboxylic acids is 2. The molecular formula is C18H16N2O3S2. The minimum atomic E-state index is -0.307. The van der Waals surface area contributed by atoms with Crippen molar-refractivity contribution >= 4 is 46.3 Å². The lowest BCUT2D eigenvalue weighted by Crippen LogP contribution is -2.18. The van der Waals surface area contributed by atoms with Crippen LogP contribution in [0.25, 0.3) is 6.08 Å². The number of allylic oxidation sites excluding steroid dienone is 2. The van der Waals surface area contributed by atoms with Crippen molar-refractivity contribution in [1.82, 2.24) is 5.32 Å². The quantitative estimate of drug-likeness (QED) is 0.469. The molecule has 1 saturated heterocycles. The second-order valence-corrected chi connectivity index (χ2v) is 6.76. The summed E-state index contributed by atoms with van der Waals surface area (Å²) in [4.78, 5) is 24.1. The molecule has 5 nitrogen and oxygen atoms in total. The van der Waals surface area contributed by atoms with Gasteiger partial charge in [0.1, 0.15) is 4.32 Å². The molecule has 1 aromatic rings. The van der Waals surface area contributed by atoms with Crippen molar-refractivity contribution in [3.05, 3.63) is 51.9 Å². The normalized spacial score (nSPS) is 15.8. The number of amides is 1. The van der Waals surface area contributed by atoms with Gasteiger partial charge in [-0.3, -0.25) is 9.59 Å². The molecule has 25 heavy (non-hydrogen) atoms. The minimum absolute atomic E-state index is 0.186. The van der Waals surface area contributed by atoms with E-state index in [1.54, 1.807) is 25.1 Å². The van der Waals surface area contributed by atoms with Crippen LogP contribution in [0.4, 0.5) is 0 Å². The largest absolute Gasteiger partial charge is 0.466 e. The van der Waals surface area contributed by atoms with E-state index in [1.165, 1.54) is 11.8 Å². The molecule has 2 rings (SSSR count). The molecule has 1 N–H and O–H groups in total. The fourth-order valence-electron chi connectivity index (χ4n) is 2.13. The summed E-state index contributed by atoms with van der Waals surface area (Å²) >= 11 is 6.22. The van der Waals surface area contributed by atoms with E-state index in [1.807, 2.05) is 18.2 Å². The van der Waals surface area contributed by atoms with Crippen molar-refractivity contribution in [2.24, 2.45) is 0 Å². The summed E-state index contributed by atoms with van der Waals surface area (Å²) in [6.07, 6.45) is 4.20. The first-order chi connectivity index (χ1) is 12.0. The van der Waals surface area contributed by atoms with Crippen LogP contribution in [0.2, 0.25) is 0 Å². The Balaban J connectivity index is 2.22. The first-order valence-corrected chi connectivity index (χ1v) is 8.86. The Morgan fingerprint density at radius 3 is 2.64 bits per heavy atom. The van der Waals surface area contributed by atoms with E-state index in [2.05, 4.69) is 11.4 Å². The van der Waals surface area contributed by atoms with E-state index in [4.69, 9.17) is 22.2 Å². The lowest BCUT2D eigenvalue weighted by molar-refractivity contribution is -0.143. The van der Waals surface area contributed by atoms with Gasteiger partial charge in [0.25, 0.3) is 5.91 Å². The summed E-state index contributed by atoms with van der Waals surface area (Å²) in [5, 5.41) is 11.4.